The maximum Gasteiger partial charge on any atom is 0.234 e. The lowest BCUT2D eigenvalue weighted by Gasteiger charge is -2.35. The van der Waals surface area contributed by atoms with E-state index in [0.717, 1.165) is 38.1 Å². The van der Waals surface area contributed by atoms with Gasteiger partial charge in [0.2, 0.25) is 5.91 Å². The van der Waals surface area contributed by atoms with Gasteiger partial charge in [-0.2, -0.15) is 0 Å². The number of amides is 1. The summed E-state index contributed by atoms with van der Waals surface area (Å²) in [6, 6.07) is 8.68. The van der Waals surface area contributed by atoms with Gasteiger partial charge in [0.05, 0.1) is 12.6 Å². The van der Waals surface area contributed by atoms with E-state index >= 15 is 0 Å². The van der Waals surface area contributed by atoms with Crippen molar-refractivity contribution in [2.75, 3.05) is 37.6 Å². The molecule has 1 aliphatic rings. The van der Waals surface area contributed by atoms with Crippen molar-refractivity contribution in [1.82, 2.24) is 15.2 Å². The topological polar surface area (TPSA) is 48.5 Å². The summed E-state index contributed by atoms with van der Waals surface area (Å²) < 4.78 is 26.8. The first kappa shape index (κ1) is 18.3. The Balaban J connectivity index is 1.48. The molecule has 3 rings (SSSR count). The SMILES string of the molecule is C[C@H](NC(=O)CN1CCN(c2ccccn2)CC1)c1ccc(F)cc1F. The van der Waals surface area contributed by atoms with Gasteiger partial charge in [-0.25, -0.2) is 13.8 Å². The molecule has 5 nitrogen and oxygen atoms in total. The Morgan fingerprint density at radius 1 is 1.19 bits per heavy atom. The lowest BCUT2D eigenvalue weighted by atomic mass is 10.1. The molecule has 0 spiro atoms. The maximum absolute atomic E-state index is 13.8. The van der Waals surface area contributed by atoms with Crippen LogP contribution in [0.4, 0.5) is 14.6 Å². The number of carbonyl (C=O) groups excluding carboxylic acids is 1. The van der Waals surface area contributed by atoms with Crippen LogP contribution in [-0.4, -0.2) is 48.5 Å². The first-order valence-electron chi connectivity index (χ1n) is 8.65. The largest absolute Gasteiger partial charge is 0.354 e. The van der Waals surface area contributed by atoms with Crippen molar-refractivity contribution in [2.24, 2.45) is 0 Å². The summed E-state index contributed by atoms with van der Waals surface area (Å²) in [5.74, 6) is -0.512. The summed E-state index contributed by atoms with van der Waals surface area (Å²) in [6.07, 6.45) is 1.77. The van der Waals surface area contributed by atoms with Gasteiger partial charge in [0, 0.05) is 44.0 Å². The highest BCUT2D eigenvalue weighted by Crippen LogP contribution is 2.18. The molecule has 0 saturated carbocycles. The number of aromatic nitrogens is 1. The Bertz CT molecular complexity index is 748. The van der Waals surface area contributed by atoms with Gasteiger partial charge in [-0.05, 0) is 25.1 Å². The van der Waals surface area contributed by atoms with E-state index in [-0.39, 0.29) is 18.0 Å². The van der Waals surface area contributed by atoms with Gasteiger partial charge in [0.15, 0.2) is 0 Å². The average molecular weight is 360 g/mol. The highest BCUT2D eigenvalue weighted by molar-refractivity contribution is 5.78. The van der Waals surface area contributed by atoms with Crippen molar-refractivity contribution in [2.45, 2.75) is 13.0 Å². The molecule has 138 valence electrons. The van der Waals surface area contributed by atoms with Crippen molar-refractivity contribution in [1.29, 1.82) is 0 Å². The number of pyridine rings is 1. The zero-order valence-electron chi connectivity index (χ0n) is 14.7. The molecule has 1 amide bonds. The molecule has 0 unspecified atom stereocenters. The fourth-order valence-corrected chi connectivity index (χ4v) is 3.10. The minimum atomic E-state index is -0.651. The molecule has 1 saturated heterocycles. The van der Waals surface area contributed by atoms with Crippen molar-refractivity contribution in [3.05, 3.63) is 59.8 Å². The van der Waals surface area contributed by atoms with Crippen LogP contribution in [0.3, 0.4) is 0 Å². The van der Waals surface area contributed by atoms with Crippen molar-refractivity contribution >= 4 is 11.7 Å². The Morgan fingerprint density at radius 2 is 1.96 bits per heavy atom. The lowest BCUT2D eigenvalue weighted by molar-refractivity contribution is -0.123. The summed E-state index contributed by atoms with van der Waals surface area (Å²) in [4.78, 5) is 20.8. The highest BCUT2D eigenvalue weighted by atomic mass is 19.1. The van der Waals surface area contributed by atoms with Gasteiger partial charge in [-0.15, -0.1) is 0 Å². The molecule has 2 aromatic rings. The molecule has 1 aromatic carbocycles. The number of nitrogens with one attached hydrogen (secondary N) is 1. The molecule has 1 fully saturated rings. The predicted molar refractivity (Wildman–Crippen MR) is 95.8 cm³/mol. The molecule has 0 bridgehead atoms. The normalized spacial score (nSPS) is 16.3. The van der Waals surface area contributed by atoms with Crippen LogP contribution in [0.5, 0.6) is 0 Å². The zero-order chi connectivity index (χ0) is 18.5. The maximum atomic E-state index is 13.8. The molecular formula is C19H22F2N4O. The molecule has 1 N–H and O–H groups in total. The summed E-state index contributed by atoms with van der Waals surface area (Å²) >= 11 is 0. The van der Waals surface area contributed by atoms with Gasteiger partial charge in [0.1, 0.15) is 17.5 Å². The van der Waals surface area contributed by atoms with Crippen LogP contribution in [0.25, 0.3) is 0 Å². The Morgan fingerprint density at radius 3 is 2.62 bits per heavy atom. The van der Waals surface area contributed by atoms with Gasteiger partial charge in [-0.3, -0.25) is 9.69 Å². The minimum Gasteiger partial charge on any atom is -0.354 e. The van der Waals surface area contributed by atoms with Crippen LogP contribution >= 0.6 is 0 Å². The zero-order valence-corrected chi connectivity index (χ0v) is 14.7. The Kier molecular flexibility index (Phi) is 5.78. The number of piperazine rings is 1. The fraction of sp³-hybridized carbons (Fsp3) is 0.368. The van der Waals surface area contributed by atoms with Gasteiger partial charge >= 0.3 is 0 Å². The number of anilines is 1. The summed E-state index contributed by atoms with van der Waals surface area (Å²) in [6.45, 7) is 5.04. The van der Waals surface area contributed by atoms with E-state index in [1.54, 1.807) is 13.1 Å². The molecule has 0 radical (unpaired) electrons. The van der Waals surface area contributed by atoms with Gasteiger partial charge < -0.3 is 10.2 Å². The molecule has 7 heteroatoms. The molecule has 0 aliphatic carbocycles. The highest BCUT2D eigenvalue weighted by Gasteiger charge is 2.21. The standard InChI is InChI=1S/C19H22F2N4O/c1-14(16-6-5-15(20)12-17(16)21)23-19(26)13-24-8-10-25(11-9-24)18-4-2-3-7-22-18/h2-7,12,14H,8-11,13H2,1H3,(H,23,26)/t14-/m0/s1. The summed E-state index contributed by atoms with van der Waals surface area (Å²) in [5.41, 5.74) is 0.278. The molecule has 1 aromatic heterocycles. The first-order chi connectivity index (χ1) is 12.5. The Hall–Kier alpha value is -2.54. The van der Waals surface area contributed by atoms with E-state index in [9.17, 15) is 13.6 Å². The van der Waals surface area contributed by atoms with Crippen LogP contribution in [0.15, 0.2) is 42.6 Å². The molecule has 1 atom stereocenters. The lowest BCUT2D eigenvalue weighted by Crippen LogP contribution is -2.49. The van der Waals surface area contributed by atoms with Gasteiger partial charge in [-0.1, -0.05) is 12.1 Å². The van der Waals surface area contributed by atoms with Gasteiger partial charge in [0.25, 0.3) is 0 Å². The number of hydrogen-bond acceptors (Lipinski definition) is 4. The second-order valence-corrected chi connectivity index (χ2v) is 6.41. The van der Waals surface area contributed by atoms with Crippen LogP contribution < -0.4 is 10.2 Å². The third-order valence-corrected chi connectivity index (χ3v) is 4.52. The second-order valence-electron chi connectivity index (χ2n) is 6.41. The number of rotatable bonds is 5. The van der Waals surface area contributed by atoms with Crippen molar-refractivity contribution < 1.29 is 13.6 Å². The smallest absolute Gasteiger partial charge is 0.234 e. The van der Waals surface area contributed by atoms with Crippen LogP contribution in [0, 0.1) is 11.6 Å². The van der Waals surface area contributed by atoms with E-state index in [4.69, 9.17) is 0 Å². The van der Waals surface area contributed by atoms with E-state index in [0.29, 0.717) is 0 Å². The minimum absolute atomic E-state index is 0.174. The first-order valence-corrected chi connectivity index (χ1v) is 8.65. The van der Waals surface area contributed by atoms with E-state index < -0.39 is 17.7 Å². The number of benzene rings is 1. The van der Waals surface area contributed by atoms with Crippen LogP contribution in [-0.2, 0) is 4.79 Å². The van der Waals surface area contributed by atoms with Crippen LogP contribution in [0.1, 0.15) is 18.5 Å². The van der Waals surface area contributed by atoms with Crippen molar-refractivity contribution in [3.8, 4) is 0 Å². The third kappa shape index (κ3) is 4.54. The number of carbonyl (C=O) groups is 1. The second kappa shape index (κ2) is 8.23. The van der Waals surface area contributed by atoms with Crippen LogP contribution in [0.2, 0.25) is 0 Å². The average Bonchev–Trinajstić information content (AvgIpc) is 2.63. The summed E-state index contributed by atoms with van der Waals surface area (Å²) in [5, 5.41) is 2.78. The Labute approximate surface area is 151 Å². The molecule has 26 heavy (non-hydrogen) atoms. The fourth-order valence-electron chi connectivity index (χ4n) is 3.10. The predicted octanol–water partition coefficient (Wildman–Crippen LogP) is 2.36. The van der Waals surface area contributed by atoms with E-state index in [1.807, 2.05) is 18.2 Å². The molecule has 1 aliphatic heterocycles. The van der Waals surface area contributed by atoms with E-state index in [2.05, 4.69) is 20.1 Å². The number of hydrogen-bond donors (Lipinski definition) is 1. The van der Waals surface area contributed by atoms with Crippen molar-refractivity contribution in [3.63, 3.8) is 0 Å². The molecule has 2 heterocycles. The monoisotopic (exact) mass is 360 g/mol. The number of halogens is 2. The number of nitrogens with zero attached hydrogens (tertiary/aromatic N) is 3. The molecular weight excluding hydrogens is 338 g/mol. The summed E-state index contributed by atoms with van der Waals surface area (Å²) in [7, 11) is 0. The third-order valence-electron chi connectivity index (χ3n) is 4.52. The van der Waals surface area contributed by atoms with E-state index in [1.165, 1.54) is 12.1 Å². The quantitative estimate of drug-likeness (QED) is 0.889.